The highest BCUT2D eigenvalue weighted by atomic mass is 32.1. The van der Waals surface area contributed by atoms with Crippen molar-refractivity contribution >= 4 is 25.1 Å². The molecule has 3 heterocycles. The van der Waals surface area contributed by atoms with Gasteiger partial charge in [-0.05, 0) is 30.2 Å². The van der Waals surface area contributed by atoms with E-state index < -0.39 is 0 Å². The Labute approximate surface area is 178 Å². The third kappa shape index (κ3) is 4.79. The molecule has 29 heavy (non-hydrogen) atoms. The van der Waals surface area contributed by atoms with Crippen LogP contribution >= 0.6 is 13.5 Å². The van der Waals surface area contributed by atoms with E-state index in [9.17, 15) is 0 Å². The number of rotatable bonds is 7. The van der Waals surface area contributed by atoms with Crippen LogP contribution in [0.2, 0.25) is 0 Å². The van der Waals surface area contributed by atoms with Crippen LogP contribution in [0.5, 0.6) is 5.75 Å². The molecule has 1 atom stereocenters. The largest absolute Gasteiger partial charge is 0.493 e. The van der Waals surface area contributed by atoms with Crippen molar-refractivity contribution in [2.24, 2.45) is 0 Å². The highest BCUT2D eigenvalue weighted by Gasteiger charge is 2.19. The number of benzene rings is 1. The Morgan fingerprint density at radius 2 is 1.97 bits per heavy atom. The van der Waals surface area contributed by atoms with Crippen molar-refractivity contribution in [3.63, 3.8) is 0 Å². The van der Waals surface area contributed by atoms with Gasteiger partial charge >= 0.3 is 0 Å². The van der Waals surface area contributed by atoms with Gasteiger partial charge in [0.1, 0.15) is 23.7 Å². The summed E-state index contributed by atoms with van der Waals surface area (Å²) in [4.78, 5) is 13.2. The Morgan fingerprint density at radius 3 is 2.76 bits per heavy atom. The van der Waals surface area contributed by atoms with Gasteiger partial charge in [-0.3, -0.25) is 0 Å². The Bertz CT molecular complexity index is 948. The number of para-hydroxylation sites is 1. The van der Waals surface area contributed by atoms with E-state index in [0.29, 0.717) is 5.92 Å². The standard InChI is InChI=1S/C22H25N5O.H2S/c1-3-23-20-8-7-17(13-25-20)19-11-21(27-14-26-19)24-12-15(2)18-6-4-5-16-9-10-28-22(16)18;/h4-8,11,13-15H,3,9-10,12H2,1-2H3,(H,23,25)(H,24,26,27);1H2/t15-;/m1./s1. The number of hydrogen-bond donors (Lipinski definition) is 2. The van der Waals surface area contributed by atoms with Crippen LogP contribution < -0.4 is 15.4 Å². The van der Waals surface area contributed by atoms with Gasteiger partial charge in [-0.1, -0.05) is 25.1 Å². The van der Waals surface area contributed by atoms with E-state index >= 15 is 0 Å². The molecule has 1 aliphatic rings. The first-order valence-electron chi connectivity index (χ1n) is 9.75. The lowest BCUT2D eigenvalue weighted by Gasteiger charge is -2.16. The molecule has 0 saturated heterocycles. The second-order valence-corrected chi connectivity index (χ2v) is 6.97. The predicted molar refractivity (Wildman–Crippen MR) is 122 cm³/mol. The van der Waals surface area contributed by atoms with Crippen LogP contribution in [0.25, 0.3) is 11.3 Å². The predicted octanol–water partition coefficient (Wildman–Crippen LogP) is 4.23. The lowest BCUT2D eigenvalue weighted by Crippen LogP contribution is -2.12. The number of ether oxygens (including phenoxy) is 1. The molecule has 1 aromatic carbocycles. The fourth-order valence-corrected chi connectivity index (χ4v) is 3.44. The summed E-state index contributed by atoms with van der Waals surface area (Å²) in [5, 5.41) is 6.63. The van der Waals surface area contributed by atoms with E-state index in [4.69, 9.17) is 4.74 Å². The topological polar surface area (TPSA) is 72.0 Å². The molecule has 0 unspecified atom stereocenters. The van der Waals surface area contributed by atoms with Crippen molar-refractivity contribution in [1.82, 2.24) is 15.0 Å². The van der Waals surface area contributed by atoms with Crippen LogP contribution in [0.4, 0.5) is 11.6 Å². The number of nitrogens with one attached hydrogen (secondary N) is 2. The summed E-state index contributed by atoms with van der Waals surface area (Å²) >= 11 is 0. The first-order chi connectivity index (χ1) is 13.7. The fourth-order valence-electron chi connectivity index (χ4n) is 3.44. The van der Waals surface area contributed by atoms with Crippen LogP contribution in [0, 0.1) is 0 Å². The van der Waals surface area contributed by atoms with E-state index in [1.165, 1.54) is 11.1 Å². The SMILES string of the molecule is CCNc1ccc(-c2cc(NC[C@@H](C)c3cccc4c3OCC4)ncn2)cn1.S. The number of pyridine rings is 1. The number of nitrogens with zero attached hydrogens (tertiary/aromatic N) is 3. The second-order valence-electron chi connectivity index (χ2n) is 6.97. The third-order valence-corrected chi connectivity index (χ3v) is 4.95. The van der Waals surface area contributed by atoms with Crippen LogP contribution in [0.1, 0.15) is 30.9 Å². The van der Waals surface area contributed by atoms with Crippen molar-refractivity contribution in [3.8, 4) is 17.0 Å². The van der Waals surface area contributed by atoms with Gasteiger partial charge in [0.05, 0.1) is 12.3 Å². The maximum absolute atomic E-state index is 5.84. The molecule has 152 valence electrons. The molecule has 3 aromatic rings. The first-order valence-corrected chi connectivity index (χ1v) is 9.75. The second kappa shape index (κ2) is 9.60. The smallest absolute Gasteiger partial charge is 0.129 e. The molecular formula is C22H27N5OS. The summed E-state index contributed by atoms with van der Waals surface area (Å²) in [6.07, 6.45) is 4.42. The number of fused-ring (bicyclic) bond motifs is 1. The zero-order valence-electron chi connectivity index (χ0n) is 16.8. The van der Waals surface area contributed by atoms with Crippen LogP contribution in [-0.2, 0) is 6.42 Å². The van der Waals surface area contributed by atoms with E-state index in [1.807, 2.05) is 24.4 Å². The Balaban J connectivity index is 0.00000240. The van der Waals surface area contributed by atoms with Crippen molar-refractivity contribution in [2.75, 3.05) is 30.3 Å². The Morgan fingerprint density at radius 1 is 1.07 bits per heavy atom. The number of aromatic nitrogens is 3. The molecule has 2 aromatic heterocycles. The Kier molecular flexibility index (Phi) is 6.93. The lowest BCUT2D eigenvalue weighted by atomic mass is 9.97. The summed E-state index contributed by atoms with van der Waals surface area (Å²) in [6, 6.07) is 12.4. The van der Waals surface area contributed by atoms with Crippen LogP contribution in [-0.4, -0.2) is 34.6 Å². The summed E-state index contributed by atoms with van der Waals surface area (Å²) in [7, 11) is 0. The number of anilines is 2. The van der Waals surface area contributed by atoms with Crippen molar-refractivity contribution < 1.29 is 4.74 Å². The maximum atomic E-state index is 5.84. The molecule has 0 amide bonds. The van der Waals surface area contributed by atoms with E-state index in [2.05, 4.69) is 57.6 Å². The lowest BCUT2D eigenvalue weighted by molar-refractivity contribution is 0.352. The van der Waals surface area contributed by atoms with Crippen LogP contribution in [0.15, 0.2) is 48.9 Å². The zero-order valence-corrected chi connectivity index (χ0v) is 17.8. The zero-order chi connectivity index (χ0) is 19.3. The monoisotopic (exact) mass is 409 g/mol. The van der Waals surface area contributed by atoms with E-state index in [0.717, 1.165) is 54.8 Å². The minimum atomic E-state index is 0. The van der Waals surface area contributed by atoms with Gasteiger partial charge in [-0.2, -0.15) is 13.5 Å². The van der Waals surface area contributed by atoms with E-state index in [-0.39, 0.29) is 13.5 Å². The first kappa shape index (κ1) is 20.9. The van der Waals surface area contributed by atoms with Gasteiger partial charge < -0.3 is 15.4 Å². The molecule has 7 heteroatoms. The van der Waals surface area contributed by atoms with Gasteiger partial charge in [-0.15, -0.1) is 0 Å². The maximum Gasteiger partial charge on any atom is 0.129 e. The van der Waals surface area contributed by atoms with Crippen LogP contribution in [0.3, 0.4) is 0 Å². The summed E-state index contributed by atoms with van der Waals surface area (Å²) < 4.78 is 5.84. The molecular weight excluding hydrogens is 382 g/mol. The van der Waals surface area contributed by atoms with Gasteiger partial charge in [0, 0.05) is 43.3 Å². The molecule has 0 saturated carbocycles. The molecule has 6 nitrogen and oxygen atoms in total. The molecule has 1 aliphatic heterocycles. The molecule has 0 bridgehead atoms. The minimum Gasteiger partial charge on any atom is -0.493 e. The molecule has 2 N–H and O–H groups in total. The summed E-state index contributed by atoms with van der Waals surface area (Å²) in [6.45, 7) is 6.66. The molecule has 0 aliphatic carbocycles. The summed E-state index contributed by atoms with van der Waals surface area (Å²) in [5.41, 5.74) is 4.38. The quantitative estimate of drug-likeness (QED) is 0.608. The van der Waals surface area contributed by atoms with Gasteiger partial charge in [0.2, 0.25) is 0 Å². The molecule has 0 fully saturated rings. The van der Waals surface area contributed by atoms with Crippen molar-refractivity contribution in [2.45, 2.75) is 26.2 Å². The molecule has 4 rings (SSSR count). The minimum absolute atomic E-state index is 0. The average Bonchev–Trinajstić information content (AvgIpc) is 3.22. The number of hydrogen-bond acceptors (Lipinski definition) is 6. The Hall–Kier alpha value is -2.80. The van der Waals surface area contributed by atoms with Crippen molar-refractivity contribution in [3.05, 3.63) is 60.0 Å². The van der Waals surface area contributed by atoms with Gasteiger partial charge in [0.15, 0.2) is 0 Å². The highest BCUT2D eigenvalue weighted by molar-refractivity contribution is 7.59. The van der Waals surface area contributed by atoms with E-state index in [1.54, 1.807) is 6.33 Å². The van der Waals surface area contributed by atoms with Crippen molar-refractivity contribution in [1.29, 1.82) is 0 Å². The molecule has 0 spiro atoms. The van der Waals surface area contributed by atoms with Gasteiger partial charge in [-0.25, -0.2) is 15.0 Å². The summed E-state index contributed by atoms with van der Waals surface area (Å²) in [5.74, 6) is 3.05. The average molecular weight is 410 g/mol. The normalized spacial score (nSPS) is 13.0. The molecule has 0 radical (unpaired) electrons. The highest BCUT2D eigenvalue weighted by Crippen LogP contribution is 2.34. The fraction of sp³-hybridized carbons (Fsp3) is 0.318. The van der Waals surface area contributed by atoms with Gasteiger partial charge in [0.25, 0.3) is 0 Å². The third-order valence-electron chi connectivity index (χ3n) is 4.95.